The molecular formula is C29H29N5O4S. The van der Waals surface area contributed by atoms with Crippen molar-refractivity contribution in [1.82, 2.24) is 15.0 Å². The third-order valence-electron chi connectivity index (χ3n) is 6.47. The molecule has 0 saturated heterocycles. The van der Waals surface area contributed by atoms with Gasteiger partial charge in [0.1, 0.15) is 16.6 Å². The second-order valence-electron chi connectivity index (χ2n) is 9.01. The van der Waals surface area contributed by atoms with E-state index in [1.807, 2.05) is 55.1 Å². The van der Waals surface area contributed by atoms with Crippen molar-refractivity contribution in [3.63, 3.8) is 0 Å². The zero-order chi connectivity index (χ0) is 27.5. The average molecular weight is 544 g/mol. The van der Waals surface area contributed by atoms with Gasteiger partial charge >= 0.3 is 5.97 Å². The molecule has 3 aromatic heterocycles. The van der Waals surface area contributed by atoms with Gasteiger partial charge in [0, 0.05) is 43.4 Å². The van der Waals surface area contributed by atoms with Crippen LogP contribution >= 0.6 is 11.3 Å². The van der Waals surface area contributed by atoms with Crippen LogP contribution in [-0.4, -0.2) is 53.6 Å². The summed E-state index contributed by atoms with van der Waals surface area (Å²) >= 11 is 1.40. The summed E-state index contributed by atoms with van der Waals surface area (Å²) in [6.45, 7) is 7.13. The zero-order valence-electron chi connectivity index (χ0n) is 22.3. The minimum atomic E-state index is -0.416. The minimum Gasteiger partial charge on any atom is -0.493 e. The molecule has 4 aromatic rings. The summed E-state index contributed by atoms with van der Waals surface area (Å²) in [5.41, 5.74) is 4.39. The van der Waals surface area contributed by atoms with Crippen LogP contribution < -0.4 is 14.5 Å². The molecule has 0 aliphatic carbocycles. The molecule has 39 heavy (non-hydrogen) atoms. The fourth-order valence-electron chi connectivity index (χ4n) is 4.49. The maximum Gasteiger partial charge on any atom is 0.357 e. The second kappa shape index (κ2) is 11.2. The van der Waals surface area contributed by atoms with Crippen molar-refractivity contribution in [2.24, 2.45) is 0 Å². The maximum atomic E-state index is 13.3. The lowest BCUT2D eigenvalue weighted by Crippen LogP contribution is -2.25. The molecule has 1 aliphatic rings. The lowest BCUT2D eigenvalue weighted by molar-refractivity contribution is 0.0520. The molecule has 9 nitrogen and oxygen atoms in total. The highest BCUT2D eigenvalue weighted by atomic mass is 32.1. The van der Waals surface area contributed by atoms with Gasteiger partial charge in [-0.15, -0.1) is 11.3 Å². The van der Waals surface area contributed by atoms with Gasteiger partial charge < -0.3 is 19.3 Å². The lowest BCUT2D eigenvalue weighted by Gasteiger charge is -2.22. The van der Waals surface area contributed by atoms with Gasteiger partial charge in [-0.25, -0.2) is 19.7 Å². The van der Waals surface area contributed by atoms with Gasteiger partial charge in [-0.05, 0) is 68.3 Å². The number of rotatable bonds is 8. The number of aromatic nitrogens is 3. The van der Waals surface area contributed by atoms with Crippen LogP contribution in [0.1, 0.15) is 45.8 Å². The standard InChI is InChI=1S/C29H29N5O4S/c1-5-34-25-21(28(35)33(4)23-8-7-12-30-26(23)34)15-19(16-31-25)11-13-38-24-10-9-20(14-18(24)3)27-32-22(17-39-27)29(36)37-6-2/h7-10,12,14-17H,5-6,11,13H2,1-4H3. The van der Waals surface area contributed by atoms with Crippen LogP contribution in [0.5, 0.6) is 5.75 Å². The molecule has 200 valence electrons. The topological polar surface area (TPSA) is 97.8 Å². The number of amides is 1. The molecule has 1 amide bonds. The molecule has 1 aliphatic heterocycles. The Labute approximate surface area is 231 Å². The quantitative estimate of drug-likeness (QED) is 0.271. The van der Waals surface area contributed by atoms with Crippen LogP contribution in [0.25, 0.3) is 10.6 Å². The maximum absolute atomic E-state index is 13.3. The number of benzene rings is 1. The normalized spacial score (nSPS) is 12.6. The molecule has 1 aromatic carbocycles. The van der Waals surface area contributed by atoms with E-state index >= 15 is 0 Å². The summed E-state index contributed by atoms with van der Waals surface area (Å²) < 4.78 is 11.1. The largest absolute Gasteiger partial charge is 0.493 e. The third-order valence-corrected chi connectivity index (χ3v) is 7.36. The van der Waals surface area contributed by atoms with Crippen molar-refractivity contribution in [3.05, 3.63) is 76.6 Å². The molecule has 0 unspecified atom stereocenters. The van der Waals surface area contributed by atoms with Crippen LogP contribution in [0.15, 0.2) is 54.2 Å². The molecule has 0 spiro atoms. The number of thiazole rings is 1. The van der Waals surface area contributed by atoms with E-state index < -0.39 is 5.97 Å². The molecule has 10 heteroatoms. The third kappa shape index (κ3) is 5.20. The number of pyridine rings is 2. The first-order valence-corrected chi connectivity index (χ1v) is 13.6. The highest BCUT2D eigenvalue weighted by molar-refractivity contribution is 7.13. The number of fused-ring (bicyclic) bond motifs is 2. The summed E-state index contributed by atoms with van der Waals surface area (Å²) in [4.78, 5) is 42.5. The van der Waals surface area contributed by atoms with Crippen LogP contribution in [0.3, 0.4) is 0 Å². The SMILES string of the molecule is CCOC(=O)c1csc(-c2ccc(OCCc3cnc4c(c3)C(=O)N(C)c3cccnc3N4CC)c(C)c2)n1. The molecule has 0 fully saturated rings. The summed E-state index contributed by atoms with van der Waals surface area (Å²) in [6, 6.07) is 11.5. The summed E-state index contributed by atoms with van der Waals surface area (Å²) in [7, 11) is 1.76. The van der Waals surface area contributed by atoms with Crippen molar-refractivity contribution in [3.8, 4) is 16.3 Å². The van der Waals surface area contributed by atoms with Crippen LogP contribution in [-0.2, 0) is 11.2 Å². The number of hydrogen-bond donors (Lipinski definition) is 0. The van der Waals surface area contributed by atoms with E-state index in [1.165, 1.54) is 11.3 Å². The smallest absolute Gasteiger partial charge is 0.357 e. The minimum absolute atomic E-state index is 0.120. The first kappa shape index (κ1) is 26.3. The number of hydrogen-bond acceptors (Lipinski definition) is 9. The van der Waals surface area contributed by atoms with E-state index in [4.69, 9.17) is 9.47 Å². The van der Waals surface area contributed by atoms with Gasteiger partial charge in [-0.1, -0.05) is 0 Å². The van der Waals surface area contributed by atoms with Gasteiger partial charge in [0.2, 0.25) is 0 Å². The van der Waals surface area contributed by atoms with E-state index in [9.17, 15) is 9.59 Å². The highest BCUT2D eigenvalue weighted by Gasteiger charge is 2.30. The Bertz CT molecular complexity index is 1540. The predicted octanol–water partition coefficient (Wildman–Crippen LogP) is 5.45. The van der Waals surface area contributed by atoms with Crippen molar-refractivity contribution >= 4 is 40.5 Å². The average Bonchev–Trinajstić information content (AvgIpc) is 3.42. The molecule has 0 radical (unpaired) electrons. The van der Waals surface area contributed by atoms with Gasteiger partial charge in [0.15, 0.2) is 11.5 Å². The number of anilines is 3. The van der Waals surface area contributed by atoms with E-state index in [0.717, 1.165) is 33.1 Å². The Kier molecular flexibility index (Phi) is 7.56. The summed E-state index contributed by atoms with van der Waals surface area (Å²) in [6.07, 6.45) is 4.11. The molecule has 4 heterocycles. The Morgan fingerprint density at radius 3 is 2.72 bits per heavy atom. The molecule has 0 N–H and O–H groups in total. The fourth-order valence-corrected chi connectivity index (χ4v) is 5.27. The number of ether oxygens (including phenoxy) is 2. The Balaban J connectivity index is 1.28. The number of carbonyl (C=O) groups is 2. The van der Waals surface area contributed by atoms with Gasteiger partial charge in [-0.3, -0.25) is 4.79 Å². The first-order chi connectivity index (χ1) is 18.9. The van der Waals surface area contributed by atoms with Crippen molar-refractivity contribution in [2.45, 2.75) is 27.2 Å². The summed E-state index contributed by atoms with van der Waals surface area (Å²) in [5.74, 6) is 1.55. The molecule has 0 atom stereocenters. The number of carbonyl (C=O) groups excluding carboxylic acids is 2. The van der Waals surface area contributed by atoms with Crippen molar-refractivity contribution < 1.29 is 19.1 Å². The van der Waals surface area contributed by atoms with Gasteiger partial charge in [-0.2, -0.15) is 0 Å². The Hall–Kier alpha value is -4.31. The Morgan fingerprint density at radius 1 is 1.10 bits per heavy atom. The molecule has 0 bridgehead atoms. The van der Waals surface area contributed by atoms with Gasteiger partial charge in [0.05, 0.1) is 24.5 Å². The van der Waals surface area contributed by atoms with Crippen molar-refractivity contribution in [1.29, 1.82) is 0 Å². The first-order valence-electron chi connectivity index (χ1n) is 12.8. The van der Waals surface area contributed by atoms with Crippen LogP contribution in [0.2, 0.25) is 0 Å². The highest BCUT2D eigenvalue weighted by Crippen LogP contribution is 2.37. The Morgan fingerprint density at radius 2 is 1.95 bits per heavy atom. The van der Waals surface area contributed by atoms with Crippen LogP contribution in [0, 0.1) is 6.92 Å². The zero-order valence-corrected chi connectivity index (χ0v) is 23.1. The van der Waals surface area contributed by atoms with E-state index in [0.29, 0.717) is 49.1 Å². The molecule has 5 rings (SSSR count). The second-order valence-corrected chi connectivity index (χ2v) is 9.86. The lowest BCUT2D eigenvalue weighted by atomic mass is 10.1. The number of aryl methyl sites for hydroxylation is 1. The molecular weight excluding hydrogens is 514 g/mol. The molecule has 0 saturated carbocycles. The monoisotopic (exact) mass is 543 g/mol. The van der Waals surface area contributed by atoms with Crippen molar-refractivity contribution in [2.75, 3.05) is 36.6 Å². The number of nitrogens with zero attached hydrogens (tertiary/aromatic N) is 5. The van der Waals surface area contributed by atoms with E-state index in [-0.39, 0.29) is 5.91 Å². The number of esters is 1. The fraction of sp³-hybridized carbons (Fsp3) is 0.276. The van der Waals surface area contributed by atoms with E-state index in [1.54, 1.807) is 36.6 Å². The van der Waals surface area contributed by atoms with Crippen LogP contribution in [0.4, 0.5) is 17.3 Å². The summed E-state index contributed by atoms with van der Waals surface area (Å²) in [5, 5.41) is 2.45. The van der Waals surface area contributed by atoms with Gasteiger partial charge in [0.25, 0.3) is 5.91 Å². The van der Waals surface area contributed by atoms with E-state index in [2.05, 4.69) is 15.0 Å². The predicted molar refractivity (Wildman–Crippen MR) is 151 cm³/mol.